The van der Waals surface area contributed by atoms with Crippen LogP contribution in [0.25, 0.3) is 11.3 Å². The molecule has 3 nitrogen and oxygen atoms in total. The van der Waals surface area contributed by atoms with Crippen molar-refractivity contribution in [2.24, 2.45) is 0 Å². The summed E-state index contributed by atoms with van der Waals surface area (Å²) in [5.41, 5.74) is 1.36. The van der Waals surface area contributed by atoms with Gasteiger partial charge in [-0.3, -0.25) is 0 Å². The molecule has 2 aromatic rings. The zero-order valence-electron chi connectivity index (χ0n) is 10.2. The van der Waals surface area contributed by atoms with Gasteiger partial charge in [0.15, 0.2) is 0 Å². The van der Waals surface area contributed by atoms with Gasteiger partial charge in [0.25, 0.3) is 0 Å². The maximum Gasteiger partial charge on any atom is 0.416 e. The van der Waals surface area contributed by atoms with Crippen LogP contribution >= 0.6 is 0 Å². The van der Waals surface area contributed by atoms with Crippen LogP contribution in [0, 0.1) is 0 Å². The lowest BCUT2D eigenvalue weighted by Gasteiger charge is -2.08. The number of benzene rings is 1. The standard InChI is InChI=1S/C13H12F3N3/c1-17-7-11-6-12(19-8-18-11)9-2-4-10(5-3-9)13(14,15)16/h2-6,8,17H,7H2,1H3. The van der Waals surface area contributed by atoms with E-state index in [1.807, 2.05) is 0 Å². The van der Waals surface area contributed by atoms with Crippen molar-refractivity contribution < 1.29 is 13.2 Å². The molecule has 1 aromatic heterocycles. The molecule has 0 unspecified atom stereocenters. The first-order valence-corrected chi connectivity index (χ1v) is 5.64. The fourth-order valence-corrected chi connectivity index (χ4v) is 1.66. The lowest BCUT2D eigenvalue weighted by Crippen LogP contribution is -2.07. The number of alkyl halides is 3. The molecule has 6 heteroatoms. The van der Waals surface area contributed by atoms with Crippen molar-refractivity contribution in [1.82, 2.24) is 15.3 Å². The highest BCUT2D eigenvalue weighted by molar-refractivity contribution is 5.59. The summed E-state index contributed by atoms with van der Waals surface area (Å²) in [5, 5.41) is 2.95. The Morgan fingerprint density at radius 2 is 1.79 bits per heavy atom. The van der Waals surface area contributed by atoms with E-state index in [-0.39, 0.29) is 0 Å². The molecule has 0 atom stereocenters. The third-order valence-corrected chi connectivity index (χ3v) is 2.59. The molecule has 0 aliphatic rings. The van der Waals surface area contributed by atoms with Crippen LogP contribution in [-0.2, 0) is 12.7 Å². The molecule has 1 N–H and O–H groups in total. The lowest BCUT2D eigenvalue weighted by atomic mass is 10.1. The summed E-state index contributed by atoms with van der Waals surface area (Å²) in [6.45, 7) is 0.580. The molecule has 0 saturated carbocycles. The van der Waals surface area contributed by atoms with Crippen LogP contribution in [0.15, 0.2) is 36.7 Å². The summed E-state index contributed by atoms with van der Waals surface area (Å²) in [7, 11) is 1.79. The van der Waals surface area contributed by atoms with E-state index in [2.05, 4.69) is 15.3 Å². The number of nitrogens with one attached hydrogen (secondary N) is 1. The molecule has 0 bridgehead atoms. The van der Waals surface area contributed by atoms with Gasteiger partial charge >= 0.3 is 6.18 Å². The van der Waals surface area contributed by atoms with Crippen molar-refractivity contribution in [2.45, 2.75) is 12.7 Å². The predicted molar refractivity (Wildman–Crippen MR) is 65.2 cm³/mol. The Balaban J connectivity index is 2.29. The Bertz CT molecular complexity index is 550. The van der Waals surface area contributed by atoms with Gasteiger partial charge in [0.05, 0.1) is 17.0 Å². The number of halogens is 3. The van der Waals surface area contributed by atoms with Gasteiger partial charge in [-0.15, -0.1) is 0 Å². The van der Waals surface area contributed by atoms with Crippen LogP contribution in [0.2, 0.25) is 0 Å². The Hall–Kier alpha value is -1.95. The average Bonchev–Trinajstić information content (AvgIpc) is 2.39. The average molecular weight is 267 g/mol. The van der Waals surface area contributed by atoms with Gasteiger partial charge in [-0.2, -0.15) is 13.2 Å². The van der Waals surface area contributed by atoms with Crippen molar-refractivity contribution in [2.75, 3.05) is 7.05 Å². The molecule has 1 heterocycles. The van der Waals surface area contributed by atoms with Crippen LogP contribution in [0.4, 0.5) is 13.2 Å². The molecule has 0 spiro atoms. The molecule has 19 heavy (non-hydrogen) atoms. The van der Waals surface area contributed by atoms with Gasteiger partial charge in [-0.1, -0.05) is 12.1 Å². The van der Waals surface area contributed by atoms with Gasteiger partial charge in [-0.25, -0.2) is 9.97 Å². The van der Waals surface area contributed by atoms with Crippen molar-refractivity contribution in [3.05, 3.63) is 47.9 Å². The maximum absolute atomic E-state index is 12.5. The van der Waals surface area contributed by atoms with E-state index in [1.165, 1.54) is 18.5 Å². The summed E-state index contributed by atoms with van der Waals surface area (Å²) >= 11 is 0. The zero-order valence-corrected chi connectivity index (χ0v) is 10.2. The van der Waals surface area contributed by atoms with Crippen LogP contribution in [0.1, 0.15) is 11.3 Å². The SMILES string of the molecule is CNCc1cc(-c2ccc(C(F)(F)F)cc2)ncn1. The van der Waals surface area contributed by atoms with E-state index in [9.17, 15) is 13.2 Å². The topological polar surface area (TPSA) is 37.8 Å². The largest absolute Gasteiger partial charge is 0.416 e. The Labute approximate surface area is 108 Å². The maximum atomic E-state index is 12.5. The molecular formula is C13H12F3N3. The summed E-state index contributed by atoms with van der Waals surface area (Å²) in [6, 6.07) is 6.67. The second kappa shape index (κ2) is 5.36. The van der Waals surface area contributed by atoms with Gasteiger partial charge in [0.2, 0.25) is 0 Å². The lowest BCUT2D eigenvalue weighted by molar-refractivity contribution is -0.137. The van der Waals surface area contributed by atoms with Crippen molar-refractivity contribution in [3.8, 4) is 11.3 Å². The zero-order chi connectivity index (χ0) is 13.9. The monoisotopic (exact) mass is 267 g/mol. The van der Waals surface area contributed by atoms with Crippen LogP contribution < -0.4 is 5.32 Å². The minimum Gasteiger partial charge on any atom is -0.314 e. The van der Waals surface area contributed by atoms with E-state index in [0.29, 0.717) is 17.8 Å². The van der Waals surface area contributed by atoms with Gasteiger partial charge in [-0.05, 0) is 25.2 Å². The van der Waals surface area contributed by atoms with E-state index >= 15 is 0 Å². The number of hydrogen-bond acceptors (Lipinski definition) is 3. The highest BCUT2D eigenvalue weighted by atomic mass is 19.4. The normalized spacial score (nSPS) is 11.6. The Morgan fingerprint density at radius 3 is 2.37 bits per heavy atom. The second-order valence-electron chi connectivity index (χ2n) is 4.00. The molecule has 100 valence electrons. The quantitative estimate of drug-likeness (QED) is 0.929. The summed E-state index contributed by atoms with van der Waals surface area (Å²) < 4.78 is 37.4. The second-order valence-corrected chi connectivity index (χ2v) is 4.00. The molecule has 0 aliphatic carbocycles. The number of nitrogens with zero attached hydrogens (tertiary/aromatic N) is 2. The molecule has 2 rings (SSSR count). The number of hydrogen-bond donors (Lipinski definition) is 1. The molecule has 0 amide bonds. The fraction of sp³-hybridized carbons (Fsp3) is 0.231. The van der Waals surface area contributed by atoms with Gasteiger partial charge in [0, 0.05) is 12.1 Å². The molecule has 0 fully saturated rings. The fourth-order valence-electron chi connectivity index (χ4n) is 1.66. The van der Waals surface area contributed by atoms with Gasteiger partial charge in [0.1, 0.15) is 6.33 Å². The molecule has 1 aromatic carbocycles. The minimum atomic E-state index is -4.32. The van der Waals surface area contributed by atoms with E-state index < -0.39 is 11.7 Å². The highest BCUT2D eigenvalue weighted by Crippen LogP contribution is 2.30. The minimum absolute atomic E-state index is 0.580. The molecule has 0 saturated heterocycles. The molecule has 0 aliphatic heterocycles. The van der Waals surface area contributed by atoms with E-state index in [1.54, 1.807) is 13.1 Å². The molecular weight excluding hydrogens is 255 g/mol. The first-order valence-electron chi connectivity index (χ1n) is 5.64. The van der Waals surface area contributed by atoms with Crippen molar-refractivity contribution >= 4 is 0 Å². The summed E-state index contributed by atoms with van der Waals surface area (Å²) in [5.74, 6) is 0. The summed E-state index contributed by atoms with van der Waals surface area (Å²) in [6.07, 6.45) is -2.92. The van der Waals surface area contributed by atoms with Crippen LogP contribution in [0.3, 0.4) is 0 Å². The Morgan fingerprint density at radius 1 is 1.11 bits per heavy atom. The summed E-state index contributed by atoms with van der Waals surface area (Å²) in [4.78, 5) is 8.12. The van der Waals surface area contributed by atoms with Crippen LogP contribution in [0.5, 0.6) is 0 Å². The first-order chi connectivity index (χ1) is 9.00. The third-order valence-electron chi connectivity index (χ3n) is 2.59. The smallest absolute Gasteiger partial charge is 0.314 e. The third kappa shape index (κ3) is 3.29. The molecule has 0 radical (unpaired) electrons. The number of aromatic nitrogens is 2. The van der Waals surface area contributed by atoms with Crippen LogP contribution in [-0.4, -0.2) is 17.0 Å². The van der Waals surface area contributed by atoms with Crippen molar-refractivity contribution in [1.29, 1.82) is 0 Å². The van der Waals surface area contributed by atoms with E-state index in [0.717, 1.165) is 17.8 Å². The Kier molecular flexibility index (Phi) is 3.80. The van der Waals surface area contributed by atoms with Gasteiger partial charge < -0.3 is 5.32 Å². The predicted octanol–water partition coefficient (Wildman–Crippen LogP) is 2.88. The number of rotatable bonds is 3. The van der Waals surface area contributed by atoms with E-state index in [4.69, 9.17) is 0 Å². The van der Waals surface area contributed by atoms with Crippen molar-refractivity contribution in [3.63, 3.8) is 0 Å². The first kappa shape index (κ1) is 13.5. The highest BCUT2D eigenvalue weighted by Gasteiger charge is 2.29.